The summed E-state index contributed by atoms with van der Waals surface area (Å²) in [6.45, 7) is 4.79. The SMILES string of the molecule is CCCNC(=O)c1ccc(C(CCC)N2C(=O)C(c3ccc(F)cc3)=NC23CCCCC3)cc1. The molecule has 1 fully saturated rings. The normalized spacial score (nSPS) is 18.1. The minimum atomic E-state index is -0.559. The predicted octanol–water partition coefficient (Wildman–Crippen LogP) is 5.80. The molecule has 4 rings (SSSR count). The summed E-state index contributed by atoms with van der Waals surface area (Å²) in [6.07, 6.45) is 7.47. The highest BCUT2D eigenvalue weighted by Crippen LogP contribution is 2.45. The molecule has 2 aromatic carbocycles. The van der Waals surface area contributed by atoms with Crippen LogP contribution in [-0.4, -0.2) is 34.6 Å². The minimum Gasteiger partial charge on any atom is -0.352 e. The van der Waals surface area contributed by atoms with E-state index in [0.717, 1.165) is 56.9 Å². The lowest BCUT2D eigenvalue weighted by atomic mass is 9.86. The molecule has 0 bridgehead atoms. The summed E-state index contributed by atoms with van der Waals surface area (Å²) in [7, 11) is 0. The zero-order valence-corrected chi connectivity index (χ0v) is 20.1. The average Bonchev–Trinajstić information content (AvgIpc) is 3.13. The predicted molar refractivity (Wildman–Crippen MR) is 132 cm³/mol. The molecule has 2 aliphatic rings. The Morgan fingerprint density at radius 2 is 1.71 bits per heavy atom. The lowest BCUT2D eigenvalue weighted by Gasteiger charge is -2.44. The third-order valence-corrected chi connectivity index (χ3v) is 6.93. The molecule has 6 heteroatoms. The number of halogens is 1. The van der Waals surface area contributed by atoms with Crippen molar-refractivity contribution in [2.45, 2.75) is 76.9 Å². The second-order valence-corrected chi connectivity index (χ2v) is 9.37. The molecule has 1 saturated carbocycles. The molecule has 0 saturated heterocycles. The van der Waals surface area contributed by atoms with Crippen LogP contribution in [0.25, 0.3) is 0 Å². The number of carbonyl (C=O) groups is 2. The first-order valence-electron chi connectivity index (χ1n) is 12.6. The van der Waals surface area contributed by atoms with Crippen molar-refractivity contribution in [1.29, 1.82) is 0 Å². The van der Waals surface area contributed by atoms with E-state index in [1.165, 1.54) is 12.1 Å². The van der Waals surface area contributed by atoms with Gasteiger partial charge >= 0.3 is 0 Å². The molecule has 1 heterocycles. The van der Waals surface area contributed by atoms with E-state index in [1.54, 1.807) is 12.1 Å². The first kappa shape index (κ1) is 24.1. The Bertz CT molecular complexity index is 1040. The van der Waals surface area contributed by atoms with Gasteiger partial charge < -0.3 is 10.2 Å². The quantitative estimate of drug-likeness (QED) is 0.538. The molecule has 1 aliphatic carbocycles. The highest BCUT2D eigenvalue weighted by atomic mass is 19.1. The van der Waals surface area contributed by atoms with E-state index >= 15 is 0 Å². The summed E-state index contributed by atoms with van der Waals surface area (Å²) < 4.78 is 13.5. The van der Waals surface area contributed by atoms with E-state index in [-0.39, 0.29) is 23.7 Å². The van der Waals surface area contributed by atoms with Gasteiger partial charge in [-0.1, -0.05) is 38.8 Å². The van der Waals surface area contributed by atoms with Gasteiger partial charge in [0.1, 0.15) is 17.2 Å². The highest BCUT2D eigenvalue weighted by Gasteiger charge is 2.50. The number of hydrogen-bond acceptors (Lipinski definition) is 3. The van der Waals surface area contributed by atoms with E-state index in [4.69, 9.17) is 4.99 Å². The van der Waals surface area contributed by atoms with Crippen molar-refractivity contribution in [3.63, 3.8) is 0 Å². The molecule has 34 heavy (non-hydrogen) atoms. The number of benzene rings is 2. The van der Waals surface area contributed by atoms with Crippen LogP contribution in [0.2, 0.25) is 0 Å². The summed E-state index contributed by atoms with van der Waals surface area (Å²) in [6, 6.07) is 13.6. The zero-order chi connectivity index (χ0) is 24.1. The molecule has 0 radical (unpaired) electrons. The molecule has 5 nitrogen and oxygen atoms in total. The fourth-order valence-corrected chi connectivity index (χ4v) is 5.23. The Hall–Kier alpha value is -3.02. The molecule has 0 aromatic heterocycles. The molecular formula is C28H34FN3O2. The average molecular weight is 464 g/mol. The van der Waals surface area contributed by atoms with Gasteiger partial charge in [0, 0.05) is 17.7 Å². The van der Waals surface area contributed by atoms with Crippen LogP contribution in [-0.2, 0) is 4.79 Å². The largest absolute Gasteiger partial charge is 0.352 e. The van der Waals surface area contributed by atoms with Crippen LogP contribution in [0.4, 0.5) is 4.39 Å². The zero-order valence-electron chi connectivity index (χ0n) is 20.1. The molecular weight excluding hydrogens is 429 g/mol. The molecule has 1 atom stereocenters. The Morgan fingerprint density at radius 3 is 2.32 bits per heavy atom. The summed E-state index contributed by atoms with van der Waals surface area (Å²) >= 11 is 0. The molecule has 2 amide bonds. The van der Waals surface area contributed by atoms with E-state index in [0.29, 0.717) is 23.4 Å². The third-order valence-electron chi connectivity index (χ3n) is 6.93. The lowest BCUT2D eigenvalue weighted by Crippen LogP contribution is -2.50. The smallest absolute Gasteiger partial charge is 0.275 e. The third kappa shape index (κ3) is 4.77. The van der Waals surface area contributed by atoms with Crippen molar-refractivity contribution in [2.24, 2.45) is 4.99 Å². The first-order chi connectivity index (χ1) is 16.5. The number of nitrogens with one attached hydrogen (secondary N) is 1. The minimum absolute atomic E-state index is 0.0802. The summed E-state index contributed by atoms with van der Waals surface area (Å²) in [4.78, 5) is 33.3. The van der Waals surface area contributed by atoms with Crippen LogP contribution in [0.5, 0.6) is 0 Å². The van der Waals surface area contributed by atoms with E-state index < -0.39 is 5.66 Å². The standard InChI is InChI=1S/C28H34FN3O2/c1-3-8-24(20-9-11-22(12-10-20)26(33)30-19-4-2)32-27(34)25(21-13-15-23(29)16-14-21)31-28(32)17-6-5-7-18-28/h9-16,24H,3-8,17-19H2,1-2H3,(H,30,33). The molecule has 1 unspecified atom stereocenters. The van der Waals surface area contributed by atoms with Gasteiger partial charge in [-0.25, -0.2) is 4.39 Å². The molecule has 1 aliphatic heterocycles. The fraction of sp³-hybridized carbons (Fsp3) is 0.464. The van der Waals surface area contributed by atoms with Gasteiger partial charge in [0.05, 0.1) is 6.04 Å². The van der Waals surface area contributed by atoms with Crippen LogP contribution in [0.15, 0.2) is 53.5 Å². The van der Waals surface area contributed by atoms with Crippen molar-refractivity contribution >= 4 is 17.5 Å². The Balaban J connectivity index is 1.69. The number of rotatable bonds is 8. The van der Waals surface area contributed by atoms with Crippen LogP contribution < -0.4 is 5.32 Å². The topological polar surface area (TPSA) is 61.8 Å². The van der Waals surface area contributed by atoms with Crippen LogP contribution in [0, 0.1) is 5.82 Å². The molecule has 180 valence electrons. The van der Waals surface area contributed by atoms with E-state index in [2.05, 4.69) is 12.2 Å². The Labute approximate surface area is 201 Å². The van der Waals surface area contributed by atoms with Gasteiger partial charge in [-0.2, -0.15) is 0 Å². The maximum Gasteiger partial charge on any atom is 0.275 e. The van der Waals surface area contributed by atoms with Crippen molar-refractivity contribution in [3.05, 3.63) is 71.0 Å². The molecule has 1 N–H and O–H groups in total. The van der Waals surface area contributed by atoms with Crippen LogP contribution >= 0.6 is 0 Å². The summed E-state index contributed by atoms with van der Waals surface area (Å²) in [5.74, 6) is -0.494. The number of carbonyl (C=O) groups excluding carboxylic acids is 2. The summed E-state index contributed by atoms with van der Waals surface area (Å²) in [5, 5.41) is 2.91. The highest BCUT2D eigenvalue weighted by molar-refractivity contribution is 6.46. The first-order valence-corrected chi connectivity index (χ1v) is 12.6. The maximum absolute atomic E-state index is 13.9. The monoisotopic (exact) mass is 463 g/mol. The fourth-order valence-electron chi connectivity index (χ4n) is 5.23. The second-order valence-electron chi connectivity index (χ2n) is 9.37. The number of aliphatic imine (C=N–C) groups is 1. The number of hydrogen-bond donors (Lipinski definition) is 1. The van der Waals surface area contributed by atoms with Crippen LogP contribution in [0.1, 0.15) is 92.7 Å². The van der Waals surface area contributed by atoms with Gasteiger partial charge in [0.2, 0.25) is 0 Å². The molecule has 2 aromatic rings. The second kappa shape index (κ2) is 10.5. The van der Waals surface area contributed by atoms with Gasteiger partial charge in [0.25, 0.3) is 11.8 Å². The van der Waals surface area contributed by atoms with Crippen molar-refractivity contribution in [3.8, 4) is 0 Å². The van der Waals surface area contributed by atoms with Gasteiger partial charge in [-0.05, 0) is 80.5 Å². The van der Waals surface area contributed by atoms with E-state index in [1.807, 2.05) is 36.1 Å². The Kier molecular flexibility index (Phi) is 7.44. The van der Waals surface area contributed by atoms with Crippen LogP contribution in [0.3, 0.4) is 0 Å². The van der Waals surface area contributed by atoms with Gasteiger partial charge in [0.15, 0.2) is 0 Å². The number of amides is 2. The van der Waals surface area contributed by atoms with Crippen molar-refractivity contribution in [1.82, 2.24) is 10.2 Å². The molecule has 1 spiro atoms. The van der Waals surface area contributed by atoms with Gasteiger partial charge in [-0.3, -0.25) is 14.6 Å². The Morgan fingerprint density at radius 1 is 1.03 bits per heavy atom. The maximum atomic E-state index is 13.9. The van der Waals surface area contributed by atoms with Crippen molar-refractivity contribution in [2.75, 3.05) is 6.54 Å². The van der Waals surface area contributed by atoms with E-state index in [9.17, 15) is 14.0 Å². The van der Waals surface area contributed by atoms with Crippen molar-refractivity contribution < 1.29 is 14.0 Å². The van der Waals surface area contributed by atoms with Gasteiger partial charge in [-0.15, -0.1) is 0 Å². The number of nitrogens with zero attached hydrogens (tertiary/aromatic N) is 2. The lowest BCUT2D eigenvalue weighted by molar-refractivity contribution is -0.132. The summed E-state index contributed by atoms with van der Waals surface area (Å²) in [5.41, 5.74) is 2.17.